The van der Waals surface area contributed by atoms with Crippen LogP contribution in [0.4, 0.5) is 13.6 Å². The molecule has 0 saturated heterocycles. The van der Waals surface area contributed by atoms with E-state index in [9.17, 15) is 22.0 Å². The zero-order valence-electron chi connectivity index (χ0n) is 21.2. The predicted octanol–water partition coefficient (Wildman–Crippen LogP) is 6.26. The van der Waals surface area contributed by atoms with Crippen molar-refractivity contribution in [3.05, 3.63) is 47.2 Å². The smallest absolute Gasteiger partial charge is 0.410 e. The fraction of sp³-hybridized carbons (Fsp3) is 0.625. The van der Waals surface area contributed by atoms with Crippen LogP contribution in [0.5, 0.6) is 0 Å². The van der Waals surface area contributed by atoms with Crippen LogP contribution in [0.2, 0.25) is 0 Å². The third-order valence-electron chi connectivity index (χ3n) is 4.95. The molecule has 1 N–H and O–H groups in total. The van der Waals surface area contributed by atoms with E-state index >= 15 is 0 Å². The number of nitrogens with one attached hydrogen (secondary N) is 1. The van der Waals surface area contributed by atoms with E-state index in [1.165, 1.54) is 4.90 Å². The number of ether oxygens (including phenoxy) is 1. The number of unbranched alkanes of at least 4 members (excludes halogenated alkanes) is 1. The van der Waals surface area contributed by atoms with Gasteiger partial charge < -0.3 is 9.64 Å². The summed E-state index contributed by atoms with van der Waals surface area (Å²) >= 11 is 6.70. The van der Waals surface area contributed by atoms with Gasteiger partial charge in [0.1, 0.15) is 11.4 Å². The van der Waals surface area contributed by atoms with Gasteiger partial charge in [0.15, 0.2) is 0 Å². The number of nitrogens with zero attached hydrogens (tertiary/aromatic N) is 1. The number of halogens is 3. The lowest BCUT2D eigenvalue weighted by Crippen LogP contribution is -2.44. The summed E-state index contributed by atoms with van der Waals surface area (Å²) in [5, 5.41) is -2.13. The van der Waals surface area contributed by atoms with E-state index in [4.69, 9.17) is 4.74 Å². The lowest BCUT2D eigenvalue weighted by molar-refractivity contribution is 0.0172. The van der Waals surface area contributed by atoms with Gasteiger partial charge in [-0.25, -0.2) is 26.7 Å². The van der Waals surface area contributed by atoms with Gasteiger partial charge in [-0.15, -0.1) is 13.2 Å². The van der Waals surface area contributed by atoms with Crippen molar-refractivity contribution in [3.63, 3.8) is 0 Å². The van der Waals surface area contributed by atoms with E-state index in [0.29, 0.717) is 35.8 Å². The molecular weight excluding hydrogens is 562 g/mol. The number of hydrogen-bond acceptors (Lipinski definition) is 5. The summed E-state index contributed by atoms with van der Waals surface area (Å²) in [6.07, 6.45) is 2.42. The minimum Gasteiger partial charge on any atom is -0.444 e. The second kappa shape index (κ2) is 15.2. The summed E-state index contributed by atoms with van der Waals surface area (Å²) in [5.41, 5.74) is -0.216. The molecule has 1 amide bonds. The third-order valence-corrected chi connectivity index (χ3v) is 7.52. The number of sulfonamides is 1. The molecule has 6 nitrogen and oxygen atoms in total. The van der Waals surface area contributed by atoms with Crippen molar-refractivity contribution in [2.24, 2.45) is 0 Å². The van der Waals surface area contributed by atoms with E-state index in [2.05, 4.69) is 46.4 Å². The van der Waals surface area contributed by atoms with Crippen LogP contribution in [0.15, 0.2) is 35.8 Å². The first-order valence-electron chi connectivity index (χ1n) is 11.3. The van der Waals surface area contributed by atoms with Gasteiger partial charge in [-0.05, 0) is 80.8 Å². The molecule has 1 saturated carbocycles. The molecule has 1 aliphatic rings. The van der Waals surface area contributed by atoms with Crippen molar-refractivity contribution in [2.45, 2.75) is 76.4 Å². The number of rotatable bonds is 10. The largest absolute Gasteiger partial charge is 0.444 e. The lowest BCUT2D eigenvalue weighted by Gasteiger charge is -2.32. The van der Waals surface area contributed by atoms with Gasteiger partial charge in [0.05, 0.1) is 4.47 Å². The molecule has 0 spiro atoms. The lowest BCUT2D eigenvalue weighted by atomic mass is 10.1. The van der Waals surface area contributed by atoms with Gasteiger partial charge in [-0.3, -0.25) is 0 Å². The summed E-state index contributed by atoms with van der Waals surface area (Å²) in [4.78, 5) is 14.3. The molecule has 11 heteroatoms. The van der Waals surface area contributed by atoms with Crippen LogP contribution < -0.4 is 4.72 Å². The number of benzene rings is 1. The molecule has 1 aromatic rings. The van der Waals surface area contributed by atoms with Crippen LogP contribution in [0.1, 0.15) is 58.9 Å². The Bertz CT molecular complexity index is 907. The zero-order valence-corrected chi connectivity index (χ0v) is 24.5. The third kappa shape index (κ3) is 11.2. The highest BCUT2D eigenvalue weighted by Crippen LogP contribution is 2.44. The number of amides is 1. The molecule has 35 heavy (non-hydrogen) atoms. The van der Waals surface area contributed by atoms with Gasteiger partial charge in [-0.1, -0.05) is 12.1 Å². The summed E-state index contributed by atoms with van der Waals surface area (Å²) in [6, 6.07) is 4.66. The number of hydrogen-bond donors (Lipinski definition) is 2. The Kier molecular flexibility index (Phi) is 14.7. The second-order valence-electron chi connectivity index (χ2n) is 8.93. The fourth-order valence-corrected chi connectivity index (χ4v) is 4.78. The standard InChI is InChI=1S/C21H31BrF2N2O4S.C2H4.CH4S/c1-15(14-16-8-7-9-17(22)18(16)23)26(19(27)30-20(2,3)4)13-6-5-12-25-31(28,29)21(24)10-11-21;2*1-2/h7-9,15,25H,5-6,10-14H2,1-4H3;1-2H2;2H,1H3. The average Bonchev–Trinajstić information content (AvgIpc) is 3.54. The monoisotopic (exact) mass is 600 g/mol. The van der Waals surface area contributed by atoms with Gasteiger partial charge in [0, 0.05) is 32.0 Å². The molecule has 1 aliphatic carbocycles. The first-order valence-corrected chi connectivity index (χ1v) is 14.5. The van der Waals surface area contributed by atoms with Crippen LogP contribution in [-0.2, 0) is 21.2 Å². The SMILES string of the molecule is C=C.CC(Cc1cccc(Br)c1F)N(CCCCNS(=O)(=O)C1(F)CC1)C(=O)OC(C)(C)C.CS. The van der Waals surface area contributed by atoms with Crippen molar-refractivity contribution in [1.29, 1.82) is 0 Å². The van der Waals surface area contributed by atoms with Crippen LogP contribution in [0, 0.1) is 5.82 Å². The summed E-state index contributed by atoms with van der Waals surface area (Å²) in [7, 11) is -3.96. The molecule has 1 aromatic carbocycles. The van der Waals surface area contributed by atoms with Crippen LogP contribution in [0.25, 0.3) is 0 Å². The minimum atomic E-state index is -3.96. The Morgan fingerprint density at radius 1 is 1.29 bits per heavy atom. The van der Waals surface area contributed by atoms with Gasteiger partial charge in [-0.2, -0.15) is 12.6 Å². The maximum absolute atomic E-state index is 14.4. The quantitative estimate of drug-likeness (QED) is 0.189. The second-order valence-corrected chi connectivity index (χ2v) is 11.8. The molecule has 0 heterocycles. The molecule has 202 valence electrons. The van der Waals surface area contributed by atoms with Crippen molar-refractivity contribution in [2.75, 3.05) is 19.3 Å². The molecule has 1 unspecified atom stereocenters. The molecular formula is C24H39BrF2N2O4S2. The Labute approximate surface area is 223 Å². The fourth-order valence-electron chi connectivity index (χ4n) is 3.06. The molecule has 0 aromatic heterocycles. The number of thiol groups is 1. The van der Waals surface area contributed by atoms with Crippen molar-refractivity contribution >= 4 is 44.7 Å². The predicted molar refractivity (Wildman–Crippen MR) is 146 cm³/mol. The Hall–Kier alpha value is -1.17. The molecule has 0 aliphatic heterocycles. The topological polar surface area (TPSA) is 75.7 Å². The minimum absolute atomic E-state index is 0.0262. The van der Waals surface area contributed by atoms with E-state index in [1.54, 1.807) is 45.2 Å². The van der Waals surface area contributed by atoms with Crippen LogP contribution in [0.3, 0.4) is 0 Å². The Morgan fingerprint density at radius 3 is 2.37 bits per heavy atom. The summed E-state index contributed by atoms with van der Waals surface area (Å²) in [6.45, 7) is 13.5. The van der Waals surface area contributed by atoms with E-state index in [1.807, 2.05) is 6.92 Å². The molecule has 2 rings (SSSR count). The zero-order chi connectivity index (χ0) is 27.4. The van der Waals surface area contributed by atoms with Crippen molar-refractivity contribution in [3.8, 4) is 0 Å². The van der Waals surface area contributed by atoms with Gasteiger partial charge in [0.25, 0.3) is 0 Å². The molecule has 1 fully saturated rings. The van der Waals surface area contributed by atoms with E-state index in [0.717, 1.165) is 0 Å². The average molecular weight is 602 g/mol. The first-order chi connectivity index (χ1) is 16.3. The van der Waals surface area contributed by atoms with Gasteiger partial charge >= 0.3 is 6.09 Å². The van der Waals surface area contributed by atoms with E-state index in [-0.39, 0.29) is 31.2 Å². The highest BCUT2D eigenvalue weighted by Gasteiger charge is 2.55. The molecule has 1 atom stereocenters. The Balaban J connectivity index is 0.00000274. The maximum atomic E-state index is 14.4. The summed E-state index contributed by atoms with van der Waals surface area (Å²) < 4.78 is 60.0. The highest BCUT2D eigenvalue weighted by atomic mass is 79.9. The van der Waals surface area contributed by atoms with Crippen LogP contribution in [-0.4, -0.2) is 55.4 Å². The number of alkyl halides is 1. The number of carbonyl (C=O) groups is 1. The van der Waals surface area contributed by atoms with Gasteiger partial charge in [0.2, 0.25) is 15.0 Å². The summed E-state index contributed by atoms with van der Waals surface area (Å²) in [5.74, 6) is -0.367. The number of carbonyl (C=O) groups excluding carboxylic acids is 1. The first kappa shape index (κ1) is 33.8. The molecule has 0 bridgehead atoms. The normalized spacial score (nSPS) is 15.0. The Morgan fingerprint density at radius 2 is 1.86 bits per heavy atom. The van der Waals surface area contributed by atoms with Crippen molar-refractivity contribution < 1.29 is 26.7 Å². The molecule has 0 radical (unpaired) electrons. The van der Waals surface area contributed by atoms with Crippen LogP contribution >= 0.6 is 28.6 Å². The highest BCUT2D eigenvalue weighted by molar-refractivity contribution is 9.10. The van der Waals surface area contributed by atoms with Crippen molar-refractivity contribution in [1.82, 2.24) is 9.62 Å². The maximum Gasteiger partial charge on any atom is 0.410 e. The van der Waals surface area contributed by atoms with E-state index < -0.39 is 26.7 Å².